The highest BCUT2D eigenvalue weighted by molar-refractivity contribution is 7.13. The maximum absolute atomic E-state index is 10.8. The van der Waals surface area contributed by atoms with Gasteiger partial charge in [-0.2, -0.15) is 0 Å². The van der Waals surface area contributed by atoms with E-state index in [4.69, 9.17) is 5.11 Å². The van der Waals surface area contributed by atoms with Crippen LogP contribution >= 0.6 is 11.3 Å². The molecule has 1 aromatic heterocycles. The summed E-state index contributed by atoms with van der Waals surface area (Å²) in [6.07, 6.45) is 0. The number of carbonyl (C=O) groups is 1. The van der Waals surface area contributed by atoms with E-state index in [1.807, 2.05) is 6.07 Å². The van der Waals surface area contributed by atoms with Crippen molar-refractivity contribution in [1.29, 1.82) is 0 Å². The molecular weight excluding hydrogens is 258 g/mol. The number of rotatable bonds is 5. The molecule has 1 heterocycles. The Hall–Kier alpha value is -1.65. The zero-order chi connectivity index (χ0) is 13.8. The Morgan fingerprint density at radius 2 is 2.16 bits per heavy atom. The van der Waals surface area contributed by atoms with E-state index >= 15 is 0 Å². The fourth-order valence-corrected chi connectivity index (χ4v) is 2.70. The van der Waals surface area contributed by atoms with Gasteiger partial charge in [0.1, 0.15) is 4.88 Å². The van der Waals surface area contributed by atoms with E-state index in [1.54, 1.807) is 6.07 Å². The van der Waals surface area contributed by atoms with E-state index in [0.29, 0.717) is 11.4 Å². The van der Waals surface area contributed by atoms with Gasteiger partial charge in [-0.25, -0.2) is 4.79 Å². The molecule has 1 atom stereocenters. The van der Waals surface area contributed by atoms with Gasteiger partial charge in [0.2, 0.25) is 0 Å². The number of nitrogens with one attached hydrogen (secondary N) is 1. The van der Waals surface area contributed by atoms with Crippen LogP contribution in [0.2, 0.25) is 0 Å². The second kappa shape index (κ2) is 5.99. The van der Waals surface area contributed by atoms with Crippen molar-refractivity contribution in [2.45, 2.75) is 26.4 Å². The molecule has 0 radical (unpaired) electrons. The van der Waals surface area contributed by atoms with Crippen molar-refractivity contribution >= 4 is 17.3 Å². The number of thiophene rings is 1. The van der Waals surface area contributed by atoms with Gasteiger partial charge in [-0.1, -0.05) is 29.8 Å². The number of carboxylic acids is 1. The molecule has 3 nitrogen and oxygen atoms in total. The van der Waals surface area contributed by atoms with Crippen molar-refractivity contribution in [3.63, 3.8) is 0 Å². The number of hydrogen-bond acceptors (Lipinski definition) is 3. The molecule has 0 aliphatic heterocycles. The van der Waals surface area contributed by atoms with Crippen LogP contribution in [0, 0.1) is 6.92 Å². The Balaban J connectivity index is 1.96. The number of benzene rings is 1. The van der Waals surface area contributed by atoms with Gasteiger partial charge in [0.25, 0.3) is 0 Å². The van der Waals surface area contributed by atoms with Gasteiger partial charge < -0.3 is 10.4 Å². The summed E-state index contributed by atoms with van der Waals surface area (Å²) in [5.41, 5.74) is 2.49. The van der Waals surface area contributed by atoms with E-state index in [2.05, 4.69) is 43.4 Å². The van der Waals surface area contributed by atoms with Crippen LogP contribution in [0.3, 0.4) is 0 Å². The first kappa shape index (κ1) is 13.8. The third-order valence-electron chi connectivity index (χ3n) is 3.00. The molecular formula is C15H17NO2S. The van der Waals surface area contributed by atoms with E-state index in [-0.39, 0.29) is 6.04 Å². The van der Waals surface area contributed by atoms with Crippen LogP contribution in [0.1, 0.15) is 38.6 Å². The Morgan fingerprint density at radius 3 is 2.79 bits per heavy atom. The summed E-state index contributed by atoms with van der Waals surface area (Å²) in [6, 6.07) is 12.2. The van der Waals surface area contributed by atoms with Gasteiger partial charge in [0, 0.05) is 17.5 Å². The minimum Gasteiger partial charge on any atom is -0.477 e. The fourth-order valence-electron chi connectivity index (χ4n) is 1.90. The zero-order valence-corrected chi connectivity index (χ0v) is 11.8. The summed E-state index contributed by atoms with van der Waals surface area (Å²) in [4.78, 5) is 12.2. The van der Waals surface area contributed by atoms with E-state index in [0.717, 1.165) is 4.88 Å². The summed E-state index contributed by atoms with van der Waals surface area (Å²) in [5.74, 6) is -0.858. The van der Waals surface area contributed by atoms with Crippen LogP contribution in [0.4, 0.5) is 0 Å². The summed E-state index contributed by atoms with van der Waals surface area (Å²) in [6.45, 7) is 4.88. The maximum atomic E-state index is 10.8. The predicted octanol–water partition coefficient (Wildman–Crippen LogP) is 3.61. The van der Waals surface area contributed by atoms with Crippen LogP contribution in [0.5, 0.6) is 0 Å². The van der Waals surface area contributed by atoms with Gasteiger partial charge >= 0.3 is 5.97 Å². The minimum absolute atomic E-state index is 0.246. The molecule has 0 spiro atoms. The molecule has 0 aliphatic carbocycles. The SMILES string of the molecule is Cc1cccc([C@@H](C)NCc2ccc(C(=O)O)s2)c1. The first-order valence-corrected chi connectivity index (χ1v) is 7.00. The molecule has 0 amide bonds. The molecule has 100 valence electrons. The maximum Gasteiger partial charge on any atom is 0.345 e. The summed E-state index contributed by atoms with van der Waals surface area (Å²) in [7, 11) is 0. The molecule has 0 saturated carbocycles. The Kier molecular flexibility index (Phi) is 4.35. The first-order chi connectivity index (χ1) is 9.06. The van der Waals surface area contributed by atoms with Crippen molar-refractivity contribution in [3.05, 3.63) is 57.3 Å². The Morgan fingerprint density at radius 1 is 1.37 bits per heavy atom. The third-order valence-corrected chi connectivity index (χ3v) is 4.07. The van der Waals surface area contributed by atoms with Crippen molar-refractivity contribution in [3.8, 4) is 0 Å². The highest BCUT2D eigenvalue weighted by Crippen LogP contribution is 2.19. The van der Waals surface area contributed by atoms with E-state index in [9.17, 15) is 4.79 Å². The normalized spacial score (nSPS) is 12.3. The molecule has 4 heteroatoms. The van der Waals surface area contributed by atoms with Crippen LogP contribution in [0.25, 0.3) is 0 Å². The zero-order valence-electron chi connectivity index (χ0n) is 11.0. The van der Waals surface area contributed by atoms with Crippen LogP contribution in [0.15, 0.2) is 36.4 Å². The second-order valence-corrected chi connectivity index (χ2v) is 5.76. The van der Waals surface area contributed by atoms with Crippen molar-refractivity contribution in [1.82, 2.24) is 5.32 Å². The smallest absolute Gasteiger partial charge is 0.345 e. The molecule has 2 rings (SSSR count). The lowest BCUT2D eigenvalue weighted by Gasteiger charge is -2.14. The summed E-state index contributed by atoms with van der Waals surface area (Å²) >= 11 is 1.32. The third kappa shape index (κ3) is 3.66. The number of hydrogen-bond donors (Lipinski definition) is 2. The van der Waals surface area contributed by atoms with Crippen LogP contribution in [-0.4, -0.2) is 11.1 Å². The topological polar surface area (TPSA) is 49.3 Å². The lowest BCUT2D eigenvalue weighted by molar-refractivity contribution is 0.0702. The standard InChI is InChI=1S/C15H17NO2S/c1-10-4-3-5-12(8-10)11(2)16-9-13-6-7-14(19-13)15(17)18/h3-8,11,16H,9H2,1-2H3,(H,17,18)/t11-/m1/s1. The number of aromatic carboxylic acids is 1. The molecule has 0 saturated heterocycles. The van der Waals surface area contributed by atoms with Gasteiger partial charge in [-0.15, -0.1) is 11.3 Å². The molecule has 0 fully saturated rings. The molecule has 19 heavy (non-hydrogen) atoms. The van der Waals surface area contributed by atoms with Crippen molar-refractivity contribution < 1.29 is 9.90 Å². The molecule has 0 unspecified atom stereocenters. The van der Waals surface area contributed by atoms with Crippen LogP contribution in [-0.2, 0) is 6.54 Å². The highest BCUT2D eigenvalue weighted by atomic mass is 32.1. The highest BCUT2D eigenvalue weighted by Gasteiger charge is 2.09. The lowest BCUT2D eigenvalue weighted by atomic mass is 10.1. The molecule has 1 aromatic carbocycles. The molecule has 0 aliphatic rings. The molecule has 2 aromatic rings. The van der Waals surface area contributed by atoms with Gasteiger partial charge in [0.05, 0.1) is 0 Å². The van der Waals surface area contributed by atoms with E-state index in [1.165, 1.54) is 22.5 Å². The predicted molar refractivity (Wildman–Crippen MR) is 77.7 cm³/mol. The Bertz CT molecular complexity index is 577. The van der Waals surface area contributed by atoms with Crippen LogP contribution < -0.4 is 5.32 Å². The second-order valence-electron chi connectivity index (χ2n) is 4.59. The quantitative estimate of drug-likeness (QED) is 0.876. The van der Waals surface area contributed by atoms with Gasteiger partial charge in [0.15, 0.2) is 0 Å². The lowest BCUT2D eigenvalue weighted by Crippen LogP contribution is -2.17. The number of carboxylic acid groups (broad SMARTS) is 1. The summed E-state index contributed by atoms with van der Waals surface area (Å²) in [5, 5.41) is 12.3. The van der Waals surface area contributed by atoms with Gasteiger partial charge in [-0.05, 0) is 31.5 Å². The average molecular weight is 275 g/mol. The van der Waals surface area contributed by atoms with Crippen molar-refractivity contribution in [2.24, 2.45) is 0 Å². The first-order valence-electron chi connectivity index (χ1n) is 6.18. The molecule has 0 bridgehead atoms. The van der Waals surface area contributed by atoms with E-state index < -0.39 is 5.97 Å². The van der Waals surface area contributed by atoms with Crippen molar-refractivity contribution in [2.75, 3.05) is 0 Å². The Labute approximate surface area is 116 Å². The largest absolute Gasteiger partial charge is 0.477 e. The summed E-state index contributed by atoms with van der Waals surface area (Å²) < 4.78 is 0. The molecule has 2 N–H and O–H groups in total. The fraction of sp³-hybridized carbons (Fsp3) is 0.267. The average Bonchev–Trinajstić information content (AvgIpc) is 2.85. The number of aryl methyl sites for hydroxylation is 1. The van der Waals surface area contributed by atoms with Gasteiger partial charge in [-0.3, -0.25) is 0 Å². The monoisotopic (exact) mass is 275 g/mol. The minimum atomic E-state index is -0.858.